The summed E-state index contributed by atoms with van der Waals surface area (Å²) < 4.78 is 0. The van der Waals surface area contributed by atoms with E-state index in [1.54, 1.807) is 12.4 Å². The van der Waals surface area contributed by atoms with E-state index in [0.717, 1.165) is 5.56 Å². The molecule has 0 aliphatic rings. The fourth-order valence-electron chi connectivity index (χ4n) is 0.448. The van der Waals surface area contributed by atoms with Crippen LogP contribution in [0.4, 0.5) is 0 Å². The van der Waals surface area contributed by atoms with Crippen LogP contribution >= 0.6 is 0 Å². The zero-order valence-electron chi connectivity index (χ0n) is 6.33. The monoisotopic (exact) mass is 111 g/mol. The van der Waals surface area contributed by atoms with Gasteiger partial charge in [0.05, 0.1) is 0 Å². The molecule has 0 saturated carbocycles. The van der Waals surface area contributed by atoms with Crippen molar-refractivity contribution in [1.82, 2.24) is 4.98 Å². The molecular weight excluding hydrogens is 105 g/mol. The largest absolute Gasteiger partial charge is 1.00 e. The van der Waals surface area contributed by atoms with E-state index in [0.29, 0.717) is 0 Å². The Morgan fingerprint density at radius 2 is 2.44 bits per heavy atom. The maximum atomic E-state index is 5.06. The molecule has 1 rings (SSSR count). The van der Waals surface area contributed by atoms with Gasteiger partial charge in [0, 0.05) is 18.0 Å². The Kier molecular flexibility index (Phi) is 3.89. The summed E-state index contributed by atoms with van der Waals surface area (Å²) in [6, 6.07) is 3.65. The molecule has 0 fully saturated rings. The quantitative estimate of drug-likeness (QED) is 0.284. The third-order valence-corrected chi connectivity index (χ3v) is 0.828. The average Bonchev–Trinajstić information content (AvgIpc) is 1.90. The fraction of sp³-hybridized carbons (Fsp3) is 0. The summed E-state index contributed by atoms with van der Waals surface area (Å²) >= 11 is 0. The molecule has 1 aromatic heterocycles. The number of hydrogen-bond acceptors (Lipinski definition) is 1. The molecule has 2 heteroatoms. The first-order valence-corrected chi connectivity index (χ1v) is 2.30. The van der Waals surface area contributed by atoms with Crippen LogP contribution in [0.5, 0.6) is 0 Å². The van der Waals surface area contributed by atoms with Crippen LogP contribution in [0.15, 0.2) is 24.5 Å². The summed E-state index contributed by atoms with van der Waals surface area (Å²) in [4.78, 5) is 3.81. The molecule has 0 radical (unpaired) electrons. The van der Waals surface area contributed by atoms with Crippen LogP contribution in [0.25, 0.3) is 0 Å². The molecule has 1 nitrogen and oxygen atoms in total. The average molecular weight is 111 g/mol. The molecule has 0 N–H and O–H groups in total. The van der Waals surface area contributed by atoms with Crippen LogP contribution in [0.1, 0.15) is 6.99 Å². The predicted molar refractivity (Wildman–Crippen MR) is 33.3 cm³/mol. The van der Waals surface area contributed by atoms with Crippen LogP contribution in [-0.2, 0) is 0 Å². The van der Waals surface area contributed by atoms with E-state index < -0.39 is 0 Å². The van der Waals surface area contributed by atoms with Gasteiger partial charge in [-0.25, -0.2) is 0 Å². The summed E-state index contributed by atoms with van der Waals surface area (Å²) in [5.41, 5.74) is 0.826. The van der Waals surface area contributed by atoms with Crippen molar-refractivity contribution in [3.63, 3.8) is 0 Å². The summed E-state index contributed by atoms with van der Waals surface area (Å²) in [7, 11) is 0. The third kappa shape index (κ3) is 2.38. The van der Waals surface area contributed by atoms with Gasteiger partial charge >= 0.3 is 18.9 Å². The molecule has 0 bridgehead atoms. The molecule has 0 unspecified atom stereocenters. The third-order valence-electron chi connectivity index (χ3n) is 0.828. The Balaban J connectivity index is 0. The number of terminal acetylenes is 1. The molecule has 9 heavy (non-hydrogen) atoms. The van der Waals surface area contributed by atoms with E-state index in [1.807, 2.05) is 12.1 Å². The van der Waals surface area contributed by atoms with Crippen molar-refractivity contribution in [1.29, 1.82) is 0 Å². The SMILES string of the molecule is C#Cc1cccnc1.[H-].[Li+]. The first-order chi connectivity index (χ1) is 3.93. The van der Waals surface area contributed by atoms with E-state index in [4.69, 9.17) is 6.42 Å². The number of pyridine rings is 1. The Morgan fingerprint density at radius 3 is 2.78 bits per heavy atom. The van der Waals surface area contributed by atoms with Crippen molar-refractivity contribution < 1.29 is 20.3 Å². The fourth-order valence-corrected chi connectivity index (χ4v) is 0.448. The van der Waals surface area contributed by atoms with E-state index in [9.17, 15) is 0 Å². The second kappa shape index (κ2) is 4.21. The molecule has 1 heterocycles. The van der Waals surface area contributed by atoms with Crippen LogP contribution in [0, 0.1) is 12.3 Å². The topological polar surface area (TPSA) is 12.9 Å². The normalized spacial score (nSPS) is 7.00. The first kappa shape index (κ1) is 8.31. The Labute approximate surface area is 68.2 Å². The molecule has 0 amide bonds. The molecule has 0 spiro atoms. The Bertz CT molecular complexity index is 205. The Hall–Kier alpha value is -0.693. The van der Waals surface area contributed by atoms with E-state index in [-0.39, 0.29) is 20.3 Å². The van der Waals surface area contributed by atoms with Gasteiger partial charge in [-0.15, -0.1) is 6.42 Å². The van der Waals surface area contributed by atoms with Gasteiger partial charge in [-0.2, -0.15) is 0 Å². The number of hydrogen-bond donors (Lipinski definition) is 0. The van der Waals surface area contributed by atoms with E-state index >= 15 is 0 Å². The Morgan fingerprint density at radius 1 is 1.67 bits per heavy atom. The molecule has 0 aromatic carbocycles. The second-order valence-corrected chi connectivity index (χ2v) is 1.39. The number of rotatable bonds is 0. The number of aromatic nitrogens is 1. The molecule has 40 valence electrons. The van der Waals surface area contributed by atoms with Gasteiger partial charge in [0.1, 0.15) is 0 Å². The molecule has 1 aromatic rings. The van der Waals surface area contributed by atoms with E-state index in [1.165, 1.54) is 0 Å². The minimum absolute atomic E-state index is 0. The van der Waals surface area contributed by atoms with Crippen molar-refractivity contribution in [2.45, 2.75) is 0 Å². The molecular formula is C7H6LiN. The zero-order chi connectivity index (χ0) is 5.82. The van der Waals surface area contributed by atoms with Crippen LogP contribution in [0.2, 0.25) is 0 Å². The van der Waals surface area contributed by atoms with Crippen molar-refractivity contribution in [3.8, 4) is 12.3 Å². The smallest absolute Gasteiger partial charge is 1.00 e. The minimum atomic E-state index is 0. The summed E-state index contributed by atoms with van der Waals surface area (Å²) in [5, 5.41) is 0. The van der Waals surface area contributed by atoms with Crippen molar-refractivity contribution in [2.24, 2.45) is 0 Å². The van der Waals surface area contributed by atoms with E-state index in [2.05, 4.69) is 10.9 Å². The van der Waals surface area contributed by atoms with Crippen LogP contribution < -0.4 is 18.9 Å². The van der Waals surface area contributed by atoms with Gasteiger partial charge < -0.3 is 1.43 Å². The summed E-state index contributed by atoms with van der Waals surface area (Å²) in [6.07, 6.45) is 8.41. The molecule has 0 saturated heterocycles. The van der Waals surface area contributed by atoms with Crippen molar-refractivity contribution in [2.75, 3.05) is 0 Å². The summed E-state index contributed by atoms with van der Waals surface area (Å²) in [6.45, 7) is 0. The number of nitrogens with zero attached hydrogens (tertiary/aromatic N) is 1. The van der Waals surface area contributed by atoms with Gasteiger partial charge in [-0.05, 0) is 12.1 Å². The molecule has 0 aliphatic heterocycles. The molecule has 0 atom stereocenters. The van der Waals surface area contributed by atoms with Gasteiger partial charge in [-0.3, -0.25) is 4.98 Å². The molecule has 0 aliphatic carbocycles. The standard InChI is InChI=1S/C7H5N.Li.H/c1-2-7-4-3-5-8-6-7;;/h1,3-6H;;/q;+1;-1. The van der Waals surface area contributed by atoms with Gasteiger partial charge in [0.15, 0.2) is 0 Å². The van der Waals surface area contributed by atoms with Crippen molar-refractivity contribution in [3.05, 3.63) is 30.1 Å². The maximum absolute atomic E-state index is 5.06. The maximum Gasteiger partial charge on any atom is 1.00 e. The van der Waals surface area contributed by atoms with Gasteiger partial charge in [0.2, 0.25) is 0 Å². The van der Waals surface area contributed by atoms with Crippen LogP contribution in [-0.4, -0.2) is 4.98 Å². The second-order valence-electron chi connectivity index (χ2n) is 1.39. The predicted octanol–water partition coefficient (Wildman–Crippen LogP) is -1.82. The van der Waals surface area contributed by atoms with Crippen molar-refractivity contribution >= 4 is 0 Å². The zero-order valence-corrected chi connectivity index (χ0v) is 5.33. The van der Waals surface area contributed by atoms with Gasteiger partial charge in [0.25, 0.3) is 0 Å². The summed E-state index contributed by atoms with van der Waals surface area (Å²) in [5.74, 6) is 2.46. The first-order valence-electron chi connectivity index (χ1n) is 2.30. The van der Waals surface area contributed by atoms with Crippen LogP contribution in [0.3, 0.4) is 0 Å². The minimum Gasteiger partial charge on any atom is -1.00 e. The van der Waals surface area contributed by atoms with Gasteiger partial charge in [-0.1, -0.05) is 5.92 Å².